The van der Waals surface area contributed by atoms with Crippen LogP contribution in [-0.2, 0) is 24.1 Å². The van der Waals surface area contributed by atoms with Crippen molar-refractivity contribution in [2.75, 3.05) is 13.2 Å². The van der Waals surface area contributed by atoms with Gasteiger partial charge in [-0.1, -0.05) is 54.9 Å². The van der Waals surface area contributed by atoms with Gasteiger partial charge in [0, 0.05) is 34.9 Å². The average molecular weight is 410 g/mol. The third kappa shape index (κ3) is 6.11. The number of halogens is 1. The normalized spacial score (nSPS) is 10.7. The number of nitrogens with zero attached hydrogens (tertiary/aromatic N) is 2. The lowest BCUT2D eigenvalue weighted by Gasteiger charge is -2.09. The number of hydrogen-bond donors (Lipinski definition) is 2. The molecule has 2 N–H and O–H groups in total. The van der Waals surface area contributed by atoms with Crippen molar-refractivity contribution in [3.63, 3.8) is 0 Å². The quantitative estimate of drug-likeness (QED) is 0.596. The summed E-state index contributed by atoms with van der Waals surface area (Å²) in [6.07, 6.45) is 1.80. The van der Waals surface area contributed by atoms with Crippen molar-refractivity contribution in [3.8, 4) is 11.4 Å². The zero-order valence-corrected chi connectivity index (χ0v) is 17.1. The Labute approximate surface area is 175 Å². The number of rotatable bonds is 8. The molecule has 150 valence electrons. The van der Waals surface area contributed by atoms with Crippen LogP contribution >= 0.6 is 11.6 Å². The minimum atomic E-state index is -0.0960. The van der Waals surface area contributed by atoms with Crippen LogP contribution in [0.1, 0.15) is 29.4 Å². The fraction of sp³-hybridized carbons (Fsp3) is 0.261. The molecule has 0 radical (unpaired) electrons. The van der Waals surface area contributed by atoms with Gasteiger partial charge in [-0.3, -0.25) is 4.79 Å². The third-order valence-corrected chi connectivity index (χ3v) is 4.72. The zero-order valence-electron chi connectivity index (χ0n) is 16.4. The fourth-order valence-electron chi connectivity index (χ4n) is 3.01. The molecule has 1 amide bonds. The van der Waals surface area contributed by atoms with Gasteiger partial charge < -0.3 is 10.4 Å². The van der Waals surface area contributed by atoms with Gasteiger partial charge >= 0.3 is 0 Å². The summed E-state index contributed by atoms with van der Waals surface area (Å²) in [5.41, 5.74) is 4.88. The highest BCUT2D eigenvalue weighted by Gasteiger charge is 2.09. The molecule has 0 saturated heterocycles. The molecule has 0 fully saturated rings. The van der Waals surface area contributed by atoms with Crippen LogP contribution < -0.4 is 5.32 Å². The van der Waals surface area contributed by atoms with E-state index in [1.807, 2.05) is 54.6 Å². The number of benzene rings is 2. The van der Waals surface area contributed by atoms with E-state index in [0.717, 1.165) is 34.5 Å². The van der Waals surface area contributed by atoms with Crippen LogP contribution in [0.25, 0.3) is 11.4 Å². The van der Waals surface area contributed by atoms with E-state index in [-0.39, 0.29) is 19.1 Å². The molecule has 0 atom stereocenters. The fourth-order valence-corrected chi connectivity index (χ4v) is 3.20. The smallest absolute Gasteiger partial charge is 0.224 e. The van der Waals surface area contributed by atoms with Crippen LogP contribution in [0.15, 0.2) is 54.6 Å². The molecule has 0 aliphatic carbocycles. The van der Waals surface area contributed by atoms with Crippen molar-refractivity contribution < 1.29 is 9.90 Å². The summed E-state index contributed by atoms with van der Waals surface area (Å²) in [5, 5.41) is 12.1. The summed E-state index contributed by atoms with van der Waals surface area (Å²) in [7, 11) is 0. The van der Waals surface area contributed by atoms with Gasteiger partial charge in [-0.25, -0.2) is 9.97 Å². The van der Waals surface area contributed by atoms with E-state index in [2.05, 4.69) is 17.2 Å². The minimum absolute atomic E-state index is 0.0550. The SMILES string of the molecule is CCc1cc(Cc2ccc(CC(=O)NCCO)cc2)nc(-c2cccc(Cl)c2)n1. The van der Waals surface area contributed by atoms with E-state index < -0.39 is 0 Å². The molecule has 1 aromatic heterocycles. The van der Waals surface area contributed by atoms with E-state index in [0.29, 0.717) is 23.7 Å². The summed E-state index contributed by atoms with van der Waals surface area (Å²) in [6.45, 7) is 2.30. The molecule has 0 aliphatic heterocycles. The summed E-state index contributed by atoms with van der Waals surface area (Å²) in [6, 6.07) is 17.5. The van der Waals surface area contributed by atoms with Crippen LogP contribution in [0.2, 0.25) is 5.02 Å². The van der Waals surface area contributed by atoms with Gasteiger partial charge in [0.25, 0.3) is 0 Å². The lowest BCUT2D eigenvalue weighted by Crippen LogP contribution is -2.27. The molecule has 1 heterocycles. The highest BCUT2D eigenvalue weighted by atomic mass is 35.5. The van der Waals surface area contributed by atoms with E-state index in [9.17, 15) is 4.79 Å². The second-order valence-electron chi connectivity index (χ2n) is 6.78. The van der Waals surface area contributed by atoms with Crippen molar-refractivity contribution in [1.82, 2.24) is 15.3 Å². The predicted molar refractivity (Wildman–Crippen MR) is 115 cm³/mol. The van der Waals surface area contributed by atoms with Gasteiger partial charge in [0.1, 0.15) is 0 Å². The monoisotopic (exact) mass is 409 g/mol. The molecule has 6 heteroatoms. The molecular weight excluding hydrogens is 386 g/mol. The molecule has 0 aliphatic rings. The van der Waals surface area contributed by atoms with Crippen LogP contribution in [0.3, 0.4) is 0 Å². The first kappa shape index (κ1) is 21.0. The molecule has 0 spiro atoms. The first-order valence-corrected chi connectivity index (χ1v) is 10.0. The molecular formula is C23H24ClN3O2. The van der Waals surface area contributed by atoms with Crippen molar-refractivity contribution in [1.29, 1.82) is 0 Å². The van der Waals surface area contributed by atoms with Gasteiger partial charge in [-0.05, 0) is 35.7 Å². The molecule has 29 heavy (non-hydrogen) atoms. The molecule has 3 rings (SSSR count). The molecule has 3 aromatic rings. The molecule has 0 bridgehead atoms. The molecule has 2 aromatic carbocycles. The van der Waals surface area contributed by atoms with Crippen LogP contribution in [0.5, 0.6) is 0 Å². The number of aryl methyl sites for hydroxylation is 1. The van der Waals surface area contributed by atoms with Gasteiger partial charge in [0.15, 0.2) is 5.82 Å². The maximum absolute atomic E-state index is 11.8. The van der Waals surface area contributed by atoms with Gasteiger partial charge in [0.05, 0.1) is 13.0 Å². The minimum Gasteiger partial charge on any atom is -0.395 e. The summed E-state index contributed by atoms with van der Waals surface area (Å²) in [4.78, 5) is 21.1. The Morgan fingerprint density at radius 2 is 1.76 bits per heavy atom. The van der Waals surface area contributed by atoms with E-state index in [1.54, 1.807) is 0 Å². The highest BCUT2D eigenvalue weighted by molar-refractivity contribution is 6.30. The second-order valence-corrected chi connectivity index (χ2v) is 7.22. The standard InChI is InChI=1S/C23H24ClN3O2/c1-2-20-15-21(27-23(26-20)18-4-3-5-19(24)14-18)12-16-6-8-17(9-7-16)13-22(29)25-10-11-28/h3-9,14-15,28H,2,10-13H2,1H3,(H,25,29). The Balaban J connectivity index is 1.75. The van der Waals surface area contributed by atoms with E-state index in [4.69, 9.17) is 21.7 Å². The summed E-state index contributed by atoms with van der Waals surface area (Å²) in [5.74, 6) is 0.584. The molecule has 0 saturated carbocycles. The van der Waals surface area contributed by atoms with Gasteiger partial charge in [-0.15, -0.1) is 0 Å². The van der Waals surface area contributed by atoms with Crippen LogP contribution in [0, 0.1) is 0 Å². The lowest BCUT2D eigenvalue weighted by atomic mass is 10.0. The van der Waals surface area contributed by atoms with Crippen molar-refractivity contribution in [2.45, 2.75) is 26.2 Å². The predicted octanol–water partition coefficient (Wildman–Crippen LogP) is 3.60. The molecule has 0 unspecified atom stereocenters. The lowest BCUT2D eigenvalue weighted by molar-refractivity contribution is -0.120. The number of aliphatic hydroxyl groups excluding tert-OH is 1. The van der Waals surface area contributed by atoms with Crippen LogP contribution in [0.4, 0.5) is 0 Å². The number of nitrogens with one attached hydrogen (secondary N) is 1. The Hall–Kier alpha value is -2.76. The van der Waals surface area contributed by atoms with Gasteiger partial charge in [-0.2, -0.15) is 0 Å². The number of amides is 1. The Kier molecular flexibility index (Phi) is 7.33. The number of carbonyl (C=O) groups excluding carboxylic acids is 1. The van der Waals surface area contributed by atoms with Crippen molar-refractivity contribution in [3.05, 3.63) is 82.1 Å². The van der Waals surface area contributed by atoms with Crippen LogP contribution in [-0.4, -0.2) is 34.1 Å². The van der Waals surface area contributed by atoms with Crippen molar-refractivity contribution >= 4 is 17.5 Å². The average Bonchev–Trinajstić information content (AvgIpc) is 2.73. The zero-order chi connectivity index (χ0) is 20.6. The first-order valence-electron chi connectivity index (χ1n) is 9.65. The Bertz CT molecular complexity index is 974. The number of aliphatic hydroxyl groups is 1. The largest absolute Gasteiger partial charge is 0.395 e. The Morgan fingerprint density at radius 1 is 1.03 bits per heavy atom. The summed E-state index contributed by atoms with van der Waals surface area (Å²) >= 11 is 6.12. The topological polar surface area (TPSA) is 75.1 Å². The van der Waals surface area contributed by atoms with Crippen molar-refractivity contribution in [2.24, 2.45) is 0 Å². The van der Waals surface area contributed by atoms with E-state index in [1.165, 1.54) is 0 Å². The Morgan fingerprint density at radius 3 is 2.45 bits per heavy atom. The maximum Gasteiger partial charge on any atom is 0.224 e. The first-order chi connectivity index (χ1) is 14.1. The third-order valence-electron chi connectivity index (χ3n) is 4.48. The number of hydrogen-bond acceptors (Lipinski definition) is 4. The summed E-state index contributed by atoms with van der Waals surface area (Å²) < 4.78 is 0. The molecule has 5 nitrogen and oxygen atoms in total. The second kappa shape index (κ2) is 10.1. The maximum atomic E-state index is 11.8. The van der Waals surface area contributed by atoms with Gasteiger partial charge in [0.2, 0.25) is 5.91 Å². The number of carbonyl (C=O) groups is 1. The number of aromatic nitrogens is 2. The highest BCUT2D eigenvalue weighted by Crippen LogP contribution is 2.21. The van der Waals surface area contributed by atoms with E-state index >= 15 is 0 Å².